The molecule has 10 heteroatoms. The summed E-state index contributed by atoms with van der Waals surface area (Å²) in [5.41, 5.74) is 2.00. The van der Waals surface area contributed by atoms with Crippen molar-refractivity contribution < 1.29 is 18.5 Å². The monoisotopic (exact) mass is 408 g/mol. The summed E-state index contributed by atoms with van der Waals surface area (Å²) in [6, 6.07) is 7.72. The van der Waals surface area contributed by atoms with Crippen molar-refractivity contribution in [1.29, 1.82) is 0 Å². The highest BCUT2D eigenvalue weighted by Crippen LogP contribution is 2.19. The van der Waals surface area contributed by atoms with Gasteiger partial charge in [0.05, 0.1) is 0 Å². The van der Waals surface area contributed by atoms with Crippen LogP contribution in [0.25, 0.3) is 11.4 Å². The Kier molecular flexibility index (Phi) is 5.29. The molecule has 0 radical (unpaired) electrons. The molecule has 1 aliphatic heterocycles. The predicted octanol–water partition coefficient (Wildman–Crippen LogP) is 2.54. The zero-order valence-electron chi connectivity index (χ0n) is 16.0. The quantitative estimate of drug-likeness (QED) is 0.694. The van der Waals surface area contributed by atoms with Crippen LogP contribution in [0.2, 0.25) is 0 Å². The number of pyridine rings is 1. The molecule has 9 nitrogen and oxygen atoms in total. The van der Waals surface area contributed by atoms with Crippen molar-refractivity contribution in [3.05, 3.63) is 60.0 Å². The number of carbonyl (C=O) groups is 2. The van der Waals surface area contributed by atoms with Gasteiger partial charge >= 0.3 is 0 Å². The summed E-state index contributed by atoms with van der Waals surface area (Å²) in [5, 5.41) is 11.9. The van der Waals surface area contributed by atoms with E-state index in [1.165, 1.54) is 18.2 Å². The maximum absolute atomic E-state index is 13.4. The molecule has 0 fully saturated rings. The van der Waals surface area contributed by atoms with Crippen LogP contribution >= 0.6 is 0 Å². The number of rotatable bonds is 5. The number of aryl methyl sites for hydroxylation is 1. The Hall–Kier alpha value is -3.95. The highest BCUT2D eigenvalue weighted by molar-refractivity contribution is 6.02. The summed E-state index contributed by atoms with van der Waals surface area (Å²) in [6.45, 7) is 1.31. The van der Waals surface area contributed by atoms with Gasteiger partial charge in [0.25, 0.3) is 5.89 Å². The normalized spacial score (nSPS) is 13.9. The van der Waals surface area contributed by atoms with E-state index in [0.29, 0.717) is 29.2 Å². The summed E-state index contributed by atoms with van der Waals surface area (Å²) in [4.78, 5) is 32.8. The topological polar surface area (TPSA) is 114 Å². The molecule has 0 saturated heterocycles. The molecular weight excluding hydrogens is 391 g/mol. The fourth-order valence-corrected chi connectivity index (χ4v) is 2.90. The minimum Gasteiger partial charge on any atom is -0.332 e. The van der Waals surface area contributed by atoms with Gasteiger partial charge in [0.1, 0.15) is 18.1 Å². The van der Waals surface area contributed by atoms with Crippen LogP contribution in [-0.4, -0.2) is 44.2 Å². The lowest BCUT2D eigenvalue weighted by atomic mass is 10.1. The van der Waals surface area contributed by atoms with Crippen molar-refractivity contribution in [2.45, 2.75) is 19.8 Å². The lowest BCUT2D eigenvalue weighted by Gasteiger charge is -2.21. The van der Waals surface area contributed by atoms with Gasteiger partial charge < -0.3 is 9.84 Å². The standard InChI is InChI=1S/C20H17FN6O3/c1-12-10-14(2-3-15(12)21)23-17(28)11-27-18(29)5-4-16(25-27)20-24-19(26-30-20)13-6-8-22-9-7-13/h2-3,6-10H,4-5,11H2,1H3,(H,23,28). The number of hydrogen-bond acceptors (Lipinski definition) is 7. The predicted molar refractivity (Wildman–Crippen MR) is 105 cm³/mol. The molecule has 0 saturated carbocycles. The van der Waals surface area contributed by atoms with Gasteiger partial charge in [-0.05, 0) is 42.8 Å². The highest BCUT2D eigenvalue weighted by Gasteiger charge is 2.26. The second kappa shape index (κ2) is 8.19. The number of nitrogens with one attached hydrogen (secondary N) is 1. The van der Waals surface area contributed by atoms with Crippen LogP contribution in [0.5, 0.6) is 0 Å². The Morgan fingerprint density at radius 2 is 2.03 bits per heavy atom. The first-order valence-corrected chi connectivity index (χ1v) is 9.18. The number of amides is 2. The Balaban J connectivity index is 1.47. The average Bonchev–Trinajstić information content (AvgIpc) is 3.23. The molecule has 152 valence electrons. The van der Waals surface area contributed by atoms with Gasteiger partial charge in [0.15, 0.2) is 0 Å². The summed E-state index contributed by atoms with van der Waals surface area (Å²) in [5.74, 6) is -0.545. The Bertz CT molecular complexity index is 1130. The van der Waals surface area contributed by atoms with E-state index in [9.17, 15) is 14.0 Å². The van der Waals surface area contributed by atoms with E-state index in [1.807, 2.05) is 0 Å². The molecule has 0 bridgehead atoms. The largest absolute Gasteiger partial charge is 0.332 e. The van der Waals surface area contributed by atoms with Crippen molar-refractivity contribution in [2.24, 2.45) is 5.10 Å². The van der Waals surface area contributed by atoms with Crippen LogP contribution in [0.1, 0.15) is 24.3 Å². The van der Waals surface area contributed by atoms with Gasteiger partial charge in [0.2, 0.25) is 17.6 Å². The first kappa shape index (κ1) is 19.4. The van der Waals surface area contributed by atoms with Crippen molar-refractivity contribution >= 4 is 23.2 Å². The second-order valence-electron chi connectivity index (χ2n) is 6.67. The lowest BCUT2D eigenvalue weighted by molar-refractivity contribution is -0.135. The van der Waals surface area contributed by atoms with E-state index in [2.05, 4.69) is 25.5 Å². The van der Waals surface area contributed by atoms with Gasteiger partial charge in [0, 0.05) is 36.5 Å². The molecule has 3 heterocycles. The van der Waals surface area contributed by atoms with Crippen LogP contribution in [0.3, 0.4) is 0 Å². The molecule has 30 heavy (non-hydrogen) atoms. The molecule has 3 aromatic rings. The number of aromatic nitrogens is 3. The highest BCUT2D eigenvalue weighted by atomic mass is 19.1. The molecule has 0 unspecified atom stereocenters. The van der Waals surface area contributed by atoms with Gasteiger partial charge in [-0.2, -0.15) is 10.1 Å². The molecule has 4 rings (SSSR count). The summed E-state index contributed by atoms with van der Waals surface area (Å²) >= 11 is 0. The number of carbonyl (C=O) groups excluding carboxylic acids is 2. The van der Waals surface area contributed by atoms with Crippen molar-refractivity contribution in [3.63, 3.8) is 0 Å². The fourth-order valence-electron chi connectivity index (χ4n) is 2.90. The Morgan fingerprint density at radius 1 is 1.23 bits per heavy atom. The average molecular weight is 408 g/mol. The number of halogens is 1. The molecule has 0 spiro atoms. The van der Waals surface area contributed by atoms with Crippen molar-refractivity contribution in [1.82, 2.24) is 20.1 Å². The fraction of sp³-hybridized carbons (Fsp3) is 0.200. The summed E-state index contributed by atoms with van der Waals surface area (Å²) < 4.78 is 18.6. The minimum absolute atomic E-state index is 0.161. The zero-order valence-corrected chi connectivity index (χ0v) is 16.0. The number of anilines is 1. The first-order chi connectivity index (χ1) is 14.5. The molecule has 1 aliphatic rings. The van der Waals surface area contributed by atoms with Crippen LogP contribution in [0.4, 0.5) is 10.1 Å². The molecule has 1 N–H and O–H groups in total. The molecule has 2 aromatic heterocycles. The van der Waals surface area contributed by atoms with E-state index in [0.717, 1.165) is 10.6 Å². The van der Waals surface area contributed by atoms with Crippen LogP contribution in [-0.2, 0) is 9.59 Å². The van der Waals surface area contributed by atoms with E-state index < -0.39 is 5.91 Å². The van der Waals surface area contributed by atoms with Crippen molar-refractivity contribution in [2.75, 3.05) is 11.9 Å². The first-order valence-electron chi connectivity index (χ1n) is 9.18. The van der Waals surface area contributed by atoms with Gasteiger partial charge in [-0.1, -0.05) is 5.16 Å². The minimum atomic E-state index is -0.456. The SMILES string of the molecule is Cc1cc(NC(=O)CN2N=C(c3nc(-c4ccncc4)no3)CCC2=O)ccc1F. The Morgan fingerprint density at radius 3 is 2.80 bits per heavy atom. The van der Waals surface area contributed by atoms with Gasteiger partial charge in [-0.15, -0.1) is 0 Å². The maximum Gasteiger partial charge on any atom is 0.274 e. The summed E-state index contributed by atoms with van der Waals surface area (Å²) in [7, 11) is 0. The number of hydrazone groups is 1. The molecule has 2 amide bonds. The van der Waals surface area contributed by atoms with Crippen LogP contribution in [0.15, 0.2) is 52.4 Å². The van der Waals surface area contributed by atoms with E-state index >= 15 is 0 Å². The molecular formula is C20H17FN6O3. The second-order valence-corrected chi connectivity index (χ2v) is 6.67. The third-order valence-electron chi connectivity index (χ3n) is 4.45. The Labute approximate surface area is 170 Å². The third-order valence-corrected chi connectivity index (χ3v) is 4.45. The number of hydrogen-bond donors (Lipinski definition) is 1. The van der Waals surface area contributed by atoms with E-state index in [1.54, 1.807) is 31.5 Å². The zero-order chi connectivity index (χ0) is 21.1. The maximum atomic E-state index is 13.4. The third kappa shape index (κ3) is 4.22. The summed E-state index contributed by atoms with van der Waals surface area (Å²) in [6.07, 6.45) is 3.72. The lowest BCUT2D eigenvalue weighted by Crippen LogP contribution is -2.38. The number of nitrogens with zero attached hydrogens (tertiary/aromatic N) is 5. The molecule has 1 aromatic carbocycles. The van der Waals surface area contributed by atoms with E-state index in [-0.39, 0.29) is 30.6 Å². The van der Waals surface area contributed by atoms with Crippen LogP contribution < -0.4 is 5.32 Å². The van der Waals surface area contributed by atoms with E-state index in [4.69, 9.17) is 4.52 Å². The molecule has 0 atom stereocenters. The van der Waals surface area contributed by atoms with Gasteiger partial charge in [-0.25, -0.2) is 9.40 Å². The smallest absolute Gasteiger partial charge is 0.274 e. The molecule has 0 aliphatic carbocycles. The van der Waals surface area contributed by atoms with Crippen LogP contribution in [0, 0.1) is 12.7 Å². The van der Waals surface area contributed by atoms with Crippen molar-refractivity contribution in [3.8, 4) is 11.4 Å². The number of benzene rings is 1. The van der Waals surface area contributed by atoms with Gasteiger partial charge in [-0.3, -0.25) is 14.6 Å².